The van der Waals surface area contributed by atoms with E-state index in [1.165, 1.54) is 49.0 Å². The Balaban J connectivity index is 1.52. The Hall–Kier alpha value is -1.92. The first kappa shape index (κ1) is 19.4. The molecule has 1 amide bonds. The van der Waals surface area contributed by atoms with Gasteiger partial charge in [-0.1, -0.05) is 25.3 Å². The Morgan fingerprint density at radius 1 is 1.21 bits per heavy atom. The second-order valence-electron chi connectivity index (χ2n) is 7.87. The van der Waals surface area contributed by atoms with Crippen molar-refractivity contribution in [3.63, 3.8) is 0 Å². The second-order valence-corrected chi connectivity index (χ2v) is 8.72. The summed E-state index contributed by atoms with van der Waals surface area (Å²) in [5.41, 5.74) is 3.26. The van der Waals surface area contributed by atoms with Crippen molar-refractivity contribution in [1.29, 1.82) is 0 Å². The zero-order valence-corrected chi connectivity index (χ0v) is 17.3. The molecule has 1 saturated heterocycles. The molecule has 0 radical (unpaired) electrons. The number of benzene rings is 1. The Morgan fingerprint density at radius 2 is 2.07 bits per heavy atom. The van der Waals surface area contributed by atoms with Crippen molar-refractivity contribution in [3.05, 3.63) is 29.1 Å². The molecule has 28 heavy (non-hydrogen) atoms. The lowest BCUT2D eigenvalue weighted by molar-refractivity contribution is -0.120. The molecule has 2 N–H and O–H groups in total. The largest absolute Gasteiger partial charge is 0.496 e. The second kappa shape index (κ2) is 9.05. The van der Waals surface area contributed by atoms with Gasteiger partial charge in [-0.25, -0.2) is 4.98 Å². The van der Waals surface area contributed by atoms with Crippen LogP contribution >= 0.6 is 11.3 Å². The van der Waals surface area contributed by atoms with E-state index in [4.69, 9.17) is 9.72 Å². The number of ether oxygens (including phenoxy) is 1. The molecule has 1 atom stereocenters. The summed E-state index contributed by atoms with van der Waals surface area (Å²) in [4.78, 5) is 17.2. The standard InChI is InChI=1S/C22H29N3O2S/c1-27-20-10-9-16(15-6-3-2-4-7-15)12-18(20)19-14-28-22(24-19)25-21(26)17-8-5-11-23-13-17/h9-10,12,14-15,17,23H,2-8,11,13H2,1H3,(H,24,25,26). The molecule has 4 rings (SSSR count). The van der Waals surface area contributed by atoms with E-state index in [0.29, 0.717) is 11.0 Å². The highest BCUT2D eigenvalue weighted by atomic mass is 32.1. The summed E-state index contributed by atoms with van der Waals surface area (Å²) < 4.78 is 5.60. The van der Waals surface area contributed by atoms with Crippen molar-refractivity contribution in [2.24, 2.45) is 5.92 Å². The fourth-order valence-electron chi connectivity index (χ4n) is 4.35. The molecule has 5 nitrogen and oxygen atoms in total. The lowest BCUT2D eigenvalue weighted by atomic mass is 9.83. The number of nitrogens with one attached hydrogen (secondary N) is 2. The fourth-order valence-corrected chi connectivity index (χ4v) is 5.07. The van der Waals surface area contributed by atoms with Crippen LogP contribution < -0.4 is 15.4 Å². The Bertz CT molecular complexity index is 808. The highest BCUT2D eigenvalue weighted by molar-refractivity contribution is 7.14. The van der Waals surface area contributed by atoms with Gasteiger partial charge in [0.2, 0.25) is 5.91 Å². The molecule has 1 saturated carbocycles. The van der Waals surface area contributed by atoms with Crippen LogP contribution in [-0.4, -0.2) is 31.1 Å². The fraction of sp³-hybridized carbons (Fsp3) is 0.545. The molecule has 1 aromatic carbocycles. The zero-order chi connectivity index (χ0) is 19.3. The summed E-state index contributed by atoms with van der Waals surface area (Å²) in [7, 11) is 1.70. The molecule has 1 aliphatic carbocycles. The van der Waals surface area contributed by atoms with Gasteiger partial charge < -0.3 is 15.4 Å². The molecule has 6 heteroatoms. The minimum Gasteiger partial charge on any atom is -0.496 e. The van der Waals surface area contributed by atoms with Crippen LogP contribution in [-0.2, 0) is 4.79 Å². The van der Waals surface area contributed by atoms with Crippen LogP contribution in [0.25, 0.3) is 11.3 Å². The SMILES string of the molecule is COc1ccc(C2CCCCC2)cc1-c1csc(NC(=O)C2CCCNC2)n1. The lowest BCUT2D eigenvalue weighted by Crippen LogP contribution is -2.37. The van der Waals surface area contributed by atoms with Gasteiger partial charge in [-0.05, 0) is 55.8 Å². The monoisotopic (exact) mass is 399 g/mol. The highest BCUT2D eigenvalue weighted by Crippen LogP contribution is 2.38. The summed E-state index contributed by atoms with van der Waals surface area (Å²) >= 11 is 1.48. The molecule has 1 unspecified atom stereocenters. The molecular formula is C22H29N3O2S. The summed E-state index contributed by atoms with van der Waals surface area (Å²) in [6.45, 7) is 1.75. The molecular weight excluding hydrogens is 370 g/mol. The summed E-state index contributed by atoms with van der Waals surface area (Å²) in [6.07, 6.45) is 8.49. The van der Waals surface area contributed by atoms with E-state index in [1.807, 2.05) is 5.38 Å². The number of hydrogen-bond acceptors (Lipinski definition) is 5. The molecule has 1 aliphatic heterocycles. The van der Waals surface area contributed by atoms with Gasteiger partial charge in [0.15, 0.2) is 5.13 Å². The number of thiazole rings is 1. The zero-order valence-electron chi connectivity index (χ0n) is 16.5. The van der Waals surface area contributed by atoms with Crippen LogP contribution in [0, 0.1) is 5.92 Å². The summed E-state index contributed by atoms with van der Waals surface area (Å²) in [5.74, 6) is 1.57. The molecule has 2 aliphatic rings. The van der Waals surface area contributed by atoms with Crippen molar-refractivity contribution in [2.45, 2.75) is 50.9 Å². The number of carbonyl (C=O) groups is 1. The summed E-state index contributed by atoms with van der Waals surface area (Å²) in [5, 5.41) is 8.97. The molecule has 2 heterocycles. The van der Waals surface area contributed by atoms with E-state index in [0.717, 1.165) is 42.9 Å². The number of aromatic nitrogens is 1. The third-order valence-corrected chi connectivity index (χ3v) is 6.74. The highest BCUT2D eigenvalue weighted by Gasteiger charge is 2.22. The van der Waals surface area contributed by atoms with Crippen LogP contribution in [0.15, 0.2) is 23.6 Å². The number of anilines is 1. The number of amides is 1. The van der Waals surface area contributed by atoms with Crippen molar-refractivity contribution in [2.75, 3.05) is 25.5 Å². The number of nitrogens with zero attached hydrogens (tertiary/aromatic N) is 1. The van der Waals surface area contributed by atoms with E-state index in [-0.39, 0.29) is 11.8 Å². The maximum absolute atomic E-state index is 12.5. The third-order valence-electron chi connectivity index (χ3n) is 5.98. The van der Waals surface area contributed by atoms with E-state index < -0.39 is 0 Å². The maximum Gasteiger partial charge on any atom is 0.230 e. The van der Waals surface area contributed by atoms with Crippen LogP contribution in [0.5, 0.6) is 5.75 Å². The van der Waals surface area contributed by atoms with E-state index in [1.54, 1.807) is 7.11 Å². The average molecular weight is 400 g/mol. The van der Waals surface area contributed by atoms with Gasteiger partial charge in [-0.2, -0.15) is 0 Å². The minimum atomic E-state index is 0.0327. The third kappa shape index (κ3) is 4.39. The van der Waals surface area contributed by atoms with Gasteiger partial charge in [0.05, 0.1) is 18.7 Å². The lowest BCUT2D eigenvalue weighted by Gasteiger charge is -2.23. The van der Waals surface area contributed by atoms with Crippen molar-refractivity contribution in [1.82, 2.24) is 10.3 Å². The van der Waals surface area contributed by atoms with Crippen LogP contribution in [0.3, 0.4) is 0 Å². The Kier molecular flexibility index (Phi) is 6.27. The first-order valence-corrected chi connectivity index (χ1v) is 11.3. The van der Waals surface area contributed by atoms with Crippen molar-refractivity contribution < 1.29 is 9.53 Å². The number of methoxy groups -OCH3 is 1. The number of carbonyl (C=O) groups excluding carboxylic acids is 1. The molecule has 150 valence electrons. The van der Waals surface area contributed by atoms with Gasteiger partial charge in [0, 0.05) is 17.5 Å². The van der Waals surface area contributed by atoms with Gasteiger partial charge in [0.25, 0.3) is 0 Å². The van der Waals surface area contributed by atoms with Gasteiger partial charge >= 0.3 is 0 Å². The number of hydrogen-bond donors (Lipinski definition) is 2. The minimum absolute atomic E-state index is 0.0327. The molecule has 0 spiro atoms. The normalized spacial score (nSPS) is 20.7. The smallest absolute Gasteiger partial charge is 0.230 e. The van der Waals surface area contributed by atoms with Crippen LogP contribution in [0.1, 0.15) is 56.4 Å². The molecule has 2 fully saturated rings. The molecule has 0 bridgehead atoms. The van der Waals surface area contributed by atoms with Crippen LogP contribution in [0.4, 0.5) is 5.13 Å². The first-order valence-electron chi connectivity index (χ1n) is 10.4. The van der Waals surface area contributed by atoms with E-state index in [9.17, 15) is 4.79 Å². The summed E-state index contributed by atoms with van der Waals surface area (Å²) in [6, 6.07) is 6.49. The Morgan fingerprint density at radius 3 is 2.82 bits per heavy atom. The molecule has 1 aromatic heterocycles. The van der Waals surface area contributed by atoms with Gasteiger partial charge in [0.1, 0.15) is 5.75 Å². The number of piperidine rings is 1. The predicted octanol–water partition coefficient (Wildman–Crippen LogP) is 4.80. The van der Waals surface area contributed by atoms with Crippen molar-refractivity contribution in [3.8, 4) is 17.0 Å². The average Bonchev–Trinajstić information content (AvgIpc) is 3.23. The van der Waals surface area contributed by atoms with Gasteiger partial charge in [-0.15, -0.1) is 11.3 Å². The molecule has 2 aromatic rings. The first-order chi connectivity index (χ1) is 13.7. The van der Waals surface area contributed by atoms with E-state index >= 15 is 0 Å². The van der Waals surface area contributed by atoms with Crippen LogP contribution in [0.2, 0.25) is 0 Å². The number of rotatable bonds is 5. The Labute approximate surface area is 170 Å². The van der Waals surface area contributed by atoms with E-state index in [2.05, 4.69) is 28.8 Å². The van der Waals surface area contributed by atoms with Crippen molar-refractivity contribution >= 4 is 22.4 Å². The van der Waals surface area contributed by atoms with Gasteiger partial charge in [-0.3, -0.25) is 4.79 Å². The maximum atomic E-state index is 12.5. The quantitative estimate of drug-likeness (QED) is 0.758. The predicted molar refractivity (Wildman–Crippen MR) is 114 cm³/mol. The topological polar surface area (TPSA) is 63.2 Å².